The van der Waals surface area contributed by atoms with Crippen LogP contribution in [0.1, 0.15) is 56.9 Å². The van der Waals surface area contributed by atoms with E-state index in [0.29, 0.717) is 44.2 Å². The van der Waals surface area contributed by atoms with Crippen molar-refractivity contribution in [3.05, 3.63) is 23.8 Å². The summed E-state index contributed by atoms with van der Waals surface area (Å²) >= 11 is 0. The van der Waals surface area contributed by atoms with Gasteiger partial charge in [0.2, 0.25) is 18.6 Å². The Labute approximate surface area is 241 Å². The molecule has 0 saturated carbocycles. The quantitative estimate of drug-likeness (QED) is 0.319. The number of carboxylic acids is 1. The minimum absolute atomic E-state index is 0.0548. The monoisotopic (exact) mass is 573 g/mol. The molecule has 0 radical (unpaired) electrons. The minimum atomic E-state index is -0.980. The van der Waals surface area contributed by atoms with Crippen LogP contribution in [0.25, 0.3) is 0 Å². The molecule has 3 aliphatic heterocycles. The van der Waals surface area contributed by atoms with E-state index in [1.807, 2.05) is 21.9 Å². The van der Waals surface area contributed by atoms with Gasteiger partial charge in [-0.15, -0.1) is 0 Å². The molecule has 0 aliphatic carbocycles. The molecule has 1 aromatic rings. The van der Waals surface area contributed by atoms with Gasteiger partial charge in [0.1, 0.15) is 0 Å². The Hall–Kier alpha value is -3.38. The number of carboxylic acid groups (broad SMARTS) is 1. The lowest BCUT2D eigenvalue weighted by Gasteiger charge is -2.34. The molecule has 4 rings (SSSR count). The topological polar surface area (TPSA) is 146 Å². The molecular formula is C29H43N5O7. The van der Waals surface area contributed by atoms with Gasteiger partial charge < -0.3 is 30.1 Å². The van der Waals surface area contributed by atoms with Gasteiger partial charge in [0, 0.05) is 58.2 Å². The number of carbonyl (C=O) groups excluding carboxylic acids is 3. The lowest BCUT2D eigenvalue weighted by atomic mass is 9.84. The van der Waals surface area contributed by atoms with Crippen molar-refractivity contribution in [2.24, 2.45) is 11.7 Å². The summed E-state index contributed by atoms with van der Waals surface area (Å²) in [7, 11) is 1.65. The number of rotatable bonds is 14. The zero-order valence-corrected chi connectivity index (χ0v) is 24.1. The largest absolute Gasteiger partial charge is 0.481 e. The van der Waals surface area contributed by atoms with E-state index < -0.39 is 23.8 Å². The Morgan fingerprint density at radius 3 is 2.61 bits per heavy atom. The van der Waals surface area contributed by atoms with Crippen LogP contribution in [0.15, 0.2) is 18.2 Å². The van der Waals surface area contributed by atoms with Crippen LogP contribution in [0.4, 0.5) is 4.79 Å². The van der Waals surface area contributed by atoms with E-state index in [2.05, 4.69) is 6.92 Å². The zero-order chi connectivity index (χ0) is 29.5. The molecule has 226 valence electrons. The minimum Gasteiger partial charge on any atom is -0.481 e. The second kappa shape index (κ2) is 14.0. The Morgan fingerprint density at radius 1 is 1.12 bits per heavy atom. The second-order valence-electron chi connectivity index (χ2n) is 11.1. The molecule has 1 unspecified atom stereocenters. The van der Waals surface area contributed by atoms with E-state index in [4.69, 9.17) is 15.2 Å². The smallest absolute Gasteiger partial charge is 0.326 e. The number of hydrogen-bond donors (Lipinski definition) is 2. The van der Waals surface area contributed by atoms with Crippen LogP contribution in [-0.4, -0.2) is 114 Å². The van der Waals surface area contributed by atoms with Crippen molar-refractivity contribution in [2.75, 3.05) is 59.7 Å². The van der Waals surface area contributed by atoms with Crippen LogP contribution in [0.3, 0.4) is 0 Å². The summed E-state index contributed by atoms with van der Waals surface area (Å²) in [5, 5.41) is 10.5. The number of imide groups is 1. The first-order valence-electron chi connectivity index (χ1n) is 14.6. The molecule has 3 aliphatic rings. The number of urea groups is 1. The third-order valence-corrected chi connectivity index (χ3v) is 8.38. The molecule has 0 spiro atoms. The van der Waals surface area contributed by atoms with Crippen molar-refractivity contribution >= 4 is 23.8 Å². The molecule has 0 aromatic heterocycles. The summed E-state index contributed by atoms with van der Waals surface area (Å²) in [4.78, 5) is 58.2. The van der Waals surface area contributed by atoms with Crippen LogP contribution >= 0.6 is 0 Å². The Balaban J connectivity index is 1.59. The fourth-order valence-corrected chi connectivity index (χ4v) is 6.05. The average Bonchev–Trinajstić information content (AvgIpc) is 3.57. The number of amides is 4. The number of fused-ring (bicyclic) bond motifs is 1. The number of ether oxygens (including phenoxy) is 2. The first kappa shape index (κ1) is 30.6. The SMILES string of the molecule is CCCCN(CCCCN)C(=O)CN1C[C@H](c2ccc3c(c2)OCO3)C(C(=O)O)[C@@H]1CCN1C(=O)CCN(C)C1=O. The maximum absolute atomic E-state index is 13.6. The summed E-state index contributed by atoms with van der Waals surface area (Å²) in [6.07, 6.45) is 3.93. The van der Waals surface area contributed by atoms with E-state index in [1.165, 1.54) is 9.80 Å². The molecule has 1 aromatic carbocycles. The second-order valence-corrected chi connectivity index (χ2v) is 11.1. The highest BCUT2D eigenvalue weighted by atomic mass is 16.7. The van der Waals surface area contributed by atoms with Gasteiger partial charge >= 0.3 is 12.0 Å². The molecule has 3 N–H and O–H groups in total. The molecule has 0 bridgehead atoms. The lowest BCUT2D eigenvalue weighted by molar-refractivity contribution is -0.144. The third-order valence-electron chi connectivity index (χ3n) is 8.38. The molecular weight excluding hydrogens is 530 g/mol. The Morgan fingerprint density at radius 2 is 1.88 bits per heavy atom. The van der Waals surface area contributed by atoms with Crippen molar-refractivity contribution in [2.45, 2.75) is 57.4 Å². The van der Waals surface area contributed by atoms with Gasteiger partial charge in [0.05, 0.1) is 12.5 Å². The van der Waals surface area contributed by atoms with Crippen LogP contribution < -0.4 is 15.2 Å². The van der Waals surface area contributed by atoms with Crippen molar-refractivity contribution in [1.82, 2.24) is 19.6 Å². The lowest BCUT2D eigenvalue weighted by Crippen LogP contribution is -2.52. The van der Waals surface area contributed by atoms with E-state index in [0.717, 1.165) is 31.2 Å². The number of likely N-dealkylation sites (tertiary alicyclic amines) is 1. The third kappa shape index (κ3) is 7.10. The first-order valence-corrected chi connectivity index (χ1v) is 14.6. The predicted molar refractivity (Wildman–Crippen MR) is 151 cm³/mol. The van der Waals surface area contributed by atoms with Gasteiger partial charge in [-0.1, -0.05) is 19.4 Å². The van der Waals surface area contributed by atoms with Gasteiger partial charge in [0.25, 0.3) is 0 Å². The van der Waals surface area contributed by atoms with Crippen LogP contribution in [0, 0.1) is 5.92 Å². The summed E-state index contributed by atoms with van der Waals surface area (Å²) in [5.74, 6) is -1.40. The number of nitrogens with zero attached hydrogens (tertiary/aromatic N) is 4. The number of carbonyl (C=O) groups is 4. The standard InChI is InChI=1S/C29H43N5O7/c1-3-4-12-32(13-6-5-11-30)26(36)18-33-17-21(20-7-8-23-24(16-20)41-19-40-23)27(28(37)38)22(33)9-15-34-25(35)10-14-31(2)29(34)39/h7-8,16,21-22,27H,3-6,9-15,17-19,30H2,1-2H3,(H,37,38)/t21-,22+,27?/m1/s1. The van der Waals surface area contributed by atoms with Crippen molar-refractivity contribution in [3.8, 4) is 11.5 Å². The summed E-state index contributed by atoms with van der Waals surface area (Å²) in [6, 6.07) is 4.51. The average molecular weight is 574 g/mol. The fourth-order valence-electron chi connectivity index (χ4n) is 6.05. The molecule has 3 atom stereocenters. The van der Waals surface area contributed by atoms with E-state index >= 15 is 0 Å². The van der Waals surface area contributed by atoms with Crippen LogP contribution in [0.2, 0.25) is 0 Å². The fraction of sp³-hybridized carbons (Fsp3) is 0.655. The normalized spacial score (nSPS) is 22.5. The molecule has 3 heterocycles. The summed E-state index contributed by atoms with van der Waals surface area (Å²) < 4.78 is 11.0. The van der Waals surface area contributed by atoms with Crippen molar-refractivity contribution in [1.29, 1.82) is 0 Å². The molecule has 2 fully saturated rings. The summed E-state index contributed by atoms with van der Waals surface area (Å²) in [6.45, 7) is 4.84. The molecule has 12 heteroatoms. The summed E-state index contributed by atoms with van der Waals surface area (Å²) in [5.41, 5.74) is 6.46. The van der Waals surface area contributed by atoms with Gasteiger partial charge in [-0.25, -0.2) is 4.79 Å². The zero-order valence-electron chi connectivity index (χ0n) is 24.1. The van der Waals surface area contributed by atoms with E-state index in [1.54, 1.807) is 13.1 Å². The Bertz CT molecular complexity index is 1120. The first-order chi connectivity index (χ1) is 19.7. The Kier molecular flexibility index (Phi) is 10.4. The highest BCUT2D eigenvalue weighted by molar-refractivity contribution is 5.96. The van der Waals surface area contributed by atoms with Gasteiger partial charge in [-0.05, 0) is 49.9 Å². The number of unbranched alkanes of at least 4 members (excludes halogenated alkanes) is 2. The molecule has 41 heavy (non-hydrogen) atoms. The van der Waals surface area contributed by atoms with Crippen LogP contribution in [-0.2, 0) is 14.4 Å². The van der Waals surface area contributed by atoms with E-state index in [-0.39, 0.29) is 50.6 Å². The van der Waals surface area contributed by atoms with Crippen molar-refractivity contribution < 1.29 is 33.8 Å². The number of hydrogen-bond acceptors (Lipinski definition) is 8. The predicted octanol–water partition coefficient (Wildman–Crippen LogP) is 1.93. The van der Waals surface area contributed by atoms with Gasteiger partial charge in [-0.3, -0.25) is 24.2 Å². The number of nitrogens with two attached hydrogens (primary N) is 1. The van der Waals surface area contributed by atoms with Crippen molar-refractivity contribution in [3.63, 3.8) is 0 Å². The highest BCUT2D eigenvalue weighted by Gasteiger charge is 2.48. The number of benzene rings is 1. The maximum Gasteiger partial charge on any atom is 0.326 e. The van der Waals surface area contributed by atoms with Crippen LogP contribution in [0.5, 0.6) is 11.5 Å². The molecule has 2 saturated heterocycles. The highest BCUT2D eigenvalue weighted by Crippen LogP contribution is 2.42. The van der Waals surface area contributed by atoms with Gasteiger partial charge in [-0.2, -0.15) is 0 Å². The maximum atomic E-state index is 13.6. The van der Waals surface area contributed by atoms with Gasteiger partial charge in [0.15, 0.2) is 11.5 Å². The molecule has 12 nitrogen and oxygen atoms in total. The molecule has 4 amide bonds. The number of aliphatic carboxylic acids is 1. The van der Waals surface area contributed by atoms with E-state index in [9.17, 15) is 24.3 Å².